The van der Waals surface area contributed by atoms with Gasteiger partial charge in [-0.25, -0.2) is 15.0 Å². The zero-order valence-corrected chi connectivity index (χ0v) is 15.4. The molecule has 138 valence electrons. The Morgan fingerprint density at radius 3 is 2.96 bits per heavy atom. The summed E-state index contributed by atoms with van der Waals surface area (Å²) in [5.41, 5.74) is 0.824. The molecule has 0 amide bonds. The molecule has 1 fully saturated rings. The van der Waals surface area contributed by atoms with Crippen LogP contribution in [0.3, 0.4) is 0 Å². The van der Waals surface area contributed by atoms with Crippen molar-refractivity contribution in [1.82, 2.24) is 19.5 Å². The van der Waals surface area contributed by atoms with Gasteiger partial charge in [-0.15, -0.1) is 0 Å². The van der Waals surface area contributed by atoms with Crippen LogP contribution in [0, 0.1) is 11.8 Å². The highest BCUT2D eigenvalue weighted by Gasteiger charge is 2.36. The largest absolute Gasteiger partial charge is 0.461 e. The first-order valence-corrected chi connectivity index (χ1v) is 8.67. The molecule has 0 aliphatic carbocycles. The highest BCUT2D eigenvalue weighted by Crippen LogP contribution is 2.36. The summed E-state index contributed by atoms with van der Waals surface area (Å²) in [5.74, 6) is 6.39. The molecule has 4 rings (SSSR count). The van der Waals surface area contributed by atoms with E-state index >= 15 is 0 Å². The molecule has 1 saturated heterocycles. The van der Waals surface area contributed by atoms with Crippen molar-refractivity contribution in [2.75, 3.05) is 6.61 Å². The second-order valence-corrected chi connectivity index (χ2v) is 6.22. The predicted molar refractivity (Wildman–Crippen MR) is 95.7 cm³/mol. The lowest BCUT2D eigenvalue weighted by Gasteiger charge is -2.21. The van der Waals surface area contributed by atoms with Gasteiger partial charge >= 0.3 is 5.97 Å². The second kappa shape index (κ2) is 7.02. The van der Waals surface area contributed by atoms with Crippen LogP contribution >= 0.6 is 11.6 Å². The van der Waals surface area contributed by atoms with Gasteiger partial charge in [-0.05, 0) is 25.0 Å². The number of fused-ring (bicyclic) bond motifs is 1. The maximum absolute atomic E-state index is 11.5. The summed E-state index contributed by atoms with van der Waals surface area (Å²) in [4.78, 5) is 24.7. The van der Waals surface area contributed by atoms with Crippen LogP contribution in [0.25, 0.3) is 22.7 Å². The minimum absolute atomic E-state index is 0.173. The number of carbonyl (C=O) groups excluding carboxylic acids is 1. The molecule has 0 aromatic carbocycles. The summed E-state index contributed by atoms with van der Waals surface area (Å²) < 4.78 is 18.5. The third-order valence-corrected chi connectivity index (χ3v) is 4.32. The molecule has 8 nitrogen and oxygen atoms in total. The fraction of sp³-hybridized carbons (Fsp3) is 0.333. The molecule has 0 radical (unpaired) electrons. The number of hydrogen-bond acceptors (Lipinski definition) is 7. The molecule has 0 bridgehead atoms. The standard InChI is InChI=1S/C18H15ClN4O4/c1-3-5-13-20-15(19)14-17(21-13)23(16(22-14)11-6-4-8-25-11)18-12(7-9-26-18)27-10(2)24/h4,6,8,12,18H,7,9H2,1-2H3. The molecule has 2 atom stereocenters. The zero-order chi connectivity index (χ0) is 19.0. The number of esters is 1. The van der Waals surface area contributed by atoms with Crippen LogP contribution in [0.2, 0.25) is 5.15 Å². The van der Waals surface area contributed by atoms with Gasteiger partial charge in [-0.2, -0.15) is 0 Å². The van der Waals surface area contributed by atoms with Crippen molar-refractivity contribution in [3.05, 3.63) is 29.4 Å². The van der Waals surface area contributed by atoms with Crippen LogP contribution in [0.4, 0.5) is 0 Å². The normalized spacial score (nSPS) is 19.1. The number of furan rings is 1. The summed E-state index contributed by atoms with van der Waals surface area (Å²) in [7, 11) is 0. The maximum atomic E-state index is 11.5. The Morgan fingerprint density at radius 1 is 1.41 bits per heavy atom. The minimum Gasteiger partial charge on any atom is -0.461 e. The van der Waals surface area contributed by atoms with Crippen LogP contribution in [-0.4, -0.2) is 38.2 Å². The predicted octanol–water partition coefficient (Wildman–Crippen LogP) is 2.96. The van der Waals surface area contributed by atoms with Crippen molar-refractivity contribution < 1.29 is 18.7 Å². The van der Waals surface area contributed by atoms with Crippen LogP contribution in [0.1, 0.15) is 32.3 Å². The smallest absolute Gasteiger partial charge is 0.303 e. The highest BCUT2D eigenvalue weighted by molar-refractivity contribution is 6.33. The van der Waals surface area contributed by atoms with E-state index in [9.17, 15) is 4.79 Å². The number of carbonyl (C=O) groups is 1. The van der Waals surface area contributed by atoms with E-state index in [4.69, 9.17) is 25.5 Å². The van der Waals surface area contributed by atoms with Gasteiger partial charge in [-0.1, -0.05) is 17.5 Å². The van der Waals surface area contributed by atoms with E-state index < -0.39 is 12.3 Å². The number of nitrogens with zero attached hydrogens (tertiary/aromatic N) is 4. The molecular weight excluding hydrogens is 372 g/mol. The Bertz CT molecular complexity index is 1060. The van der Waals surface area contributed by atoms with Crippen LogP contribution in [-0.2, 0) is 14.3 Å². The molecule has 3 aromatic rings. The van der Waals surface area contributed by atoms with Gasteiger partial charge in [0.1, 0.15) is 11.6 Å². The molecule has 1 aliphatic rings. The van der Waals surface area contributed by atoms with Crippen molar-refractivity contribution in [2.45, 2.75) is 32.6 Å². The molecule has 9 heteroatoms. The summed E-state index contributed by atoms with van der Waals surface area (Å²) in [5, 5.41) is 0.173. The number of imidazole rings is 1. The van der Waals surface area contributed by atoms with Crippen molar-refractivity contribution in [2.24, 2.45) is 0 Å². The number of hydrogen-bond donors (Lipinski definition) is 0. The average Bonchev–Trinajstić information content (AvgIpc) is 3.33. The van der Waals surface area contributed by atoms with E-state index in [1.807, 2.05) is 0 Å². The van der Waals surface area contributed by atoms with Gasteiger partial charge in [0.05, 0.1) is 12.9 Å². The number of ether oxygens (including phenoxy) is 2. The monoisotopic (exact) mass is 386 g/mol. The Balaban J connectivity index is 1.96. The summed E-state index contributed by atoms with van der Waals surface area (Å²) in [6.07, 6.45) is 0.997. The third kappa shape index (κ3) is 3.16. The number of aromatic nitrogens is 4. The van der Waals surface area contributed by atoms with Crippen LogP contribution in [0.15, 0.2) is 22.8 Å². The van der Waals surface area contributed by atoms with E-state index in [1.165, 1.54) is 6.92 Å². The average molecular weight is 387 g/mol. The molecule has 3 aromatic heterocycles. The highest BCUT2D eigenvalue weighted by atomic mass is 35.5. The maximum Gasteiger partial charge on any atom is 0.303 e. The lowest BCUT2D eigenvalue weighted by Crippen LogP contribution is -2.25. The molecule has 1 aliphatic heterocycles. The Kier molecular flexibility index (Phi) is 4.56. The first-order chi connectivity index (χ1) is 13.1. The van der Waals surface area contributed by atoms with Gasteiger partial charge in [0.25, 0.3) is 0 Å². The molecule has 27 heavy (non-hydrogen) atoms. The van der Waals surface area contributed by atoms with E-state index in [0.29, 0.717) is 35.8 Å². The quantitative estimate of drug-likeness (QED) is 0.388. The number of halogens is 1. The molecule has 4 heterocycles. The Labute approximate surface area is 159 Å². The van der Waals surface area contributed by atoms with E-state index in [1.54, 1.807) is 29.9 Å². The first-order valence-electron chi connectivity index (χ1n) is 8.29. The van der Waals surface area contributed by atoms with Crippen LogP contribution < -0.4 is 0 Å². The topological polar surface area (TPSA) is 92.3 Å². The molecule has 0 saturated carbocycles. The van der Waals surface area contributed by atoms with E-state index in [-0.39, 0.29) is 16.9 Å². The van der Waals surface area contributed by atoms with E-state index in [2.05, 4.69) is 26.8 Å². The SMILES string of the molecule is CC#Cc1nc(Cl)c2nc(-c3ccco3)n(C3OCCC3OC(C)=O)c2n1. The van der Waals surface area contributed by atoms with Crippen LogP contribution in [0.5, 0.6) is 0 Å². The first kappa shape index (κ1) is 17.5. The second-order valence-electron chi connectivity index (χ2n) is 5.87. The fourth-order valence-corrected chi connectivity index (χ4v) is 3.26. The van der Waals surface area contributed by atoms with Crippen molar-refractivity contribution >= 4 is 28.7 Å². The Morgan fingerprint density at radius 2 is 2.26 bits per heavy atom. The van der Waals surface area contributed by atoms with Gasteiger partial charge in [-0.3, -0.25) is 9.36 Å². The molecule has 2 unspecified atom stereocenters. The fourth-order valence-electron chi connectivity index (χ4n) is 3.05. The van der Waals surface area contributed by atoms with Crippen molar-refractivity contribution in [3.63, 3.8) is 0 Å². The molecule has 0 spiro atoms. The minimum atomic E-state index is -0.618. The lowest BCUT2D eigenvalue weighted by molar-refractivity contribution is -0.151. The van der Waals surface area contributed by atoms with Gasteiger partial charge in [0, 0.05) is 13.3 Å². The third-order valence-electron chi connectivity index (χ3n) is 4.06. The van der Waals surface area contributed by atoms with Gasteiger partial charge in [0.15, 0.2) is 28.6 Å². The van der Waals surface area contributed by atoms with Crippen molar-refractivity contribution in [3.8, 4) is 23.4 Å². The summed E-state index contributed by atoms with van der Waals surface area (Å²) >= 11 is 6.32. The molecule has 0 N–H and O–H groups in total. The van der Waals surface area contributed by atoms with Gasteiger partial charge in [0.2, 0.25) is 5.82 Å². The molecular formula is C18H15ClN4O4. The van der Waals surface area contributed by atoms with Gasteiger partial charge < -0.3 is 13.9 Å². The number of rotatable bonds is 3. The van der Waals surface area contributed by atoms with E-state index in [0.717, 1.165) is 0 Å². The summed E-state index contributed by atoms with van der Waals surface area (Å²) in [6.45, 7) is 3.48. The zero-order valence-electron chi connectivity index (χ0n) is 14.6. The lowest BCUT2D eigenvalue weighted by atomic mass is 10.2. The summed E-state index contributed by atoms with van der Waals surface area (Å²) in [6, 6.07) is 3.51. The Hall–Kier alpha value is -2.89. The van der Waals surface area contributed by atoms with Crippen molar-refractivity contribution in [1.29, 1.82) is 0 Å².